The van der Waals surface area contributed by atoms with Crippen LogP contribution >= 0.6 is 23.4 Å². The first kappa shape index (κ1) is 9.12. The van der Waals surface area contributed by atoms with Crippen LogP contribution in [0.2, 0.25) is 5.02 Å². The molecule has 5 heteroatoms. The quantitative estimate of drug-likeness (QED) is 0.737. The second kappa shape index (κ2) is 3.47. The minimum Gasteiger partial charge on any atom is -0.261 e. The van der Waals surface area contributed by atoms with E-state index in [0.29, 0.717) is 0 Å². The molecule has 1 aromatic carbocycles. The van der Waals surface area contributed by atoms with E-state index in [4.69, 9.17) is 11.6 Å². The highest BCUT2D eigenvalue weighted by molar-refractivity contribution is 8.27. The molecule has 0 saturated heterocycles. The fraction of sp³-hybridized carbons (Fsp3) is 0.100. The Bertz CT molecular complexity index is 507. The van der Waals surface area contributed by atoms with Gasteiger partial charge in [-0.25, -0.2) is 0 Å². The van der Waals surface area contributed by atoms with Crippen LogP contribution in [-0.2, 0) is 0 Å². The molecule has 0 fully saturated rings. The van der Waals surface area contributed by atoms with Crippen molar-refractivity contribution in [2.24, 2.45) is 15.2 Å². The summed E-state index contributed by atoms with van der Waals surface area (Å²) in [6.07, 6.45) is 1.75. The summed E-state index contributed by atoms with van der Waals surface area (Å²) in [6.45, 7) is 0. The van der Waals surface area contributed by atoms with E-state index in [0.717, 1.165) is 20.7 Å². The molecule has 2 heterocycles. The molecular weight excluding hydrogens is 230 g/mol. The summed E-state index contributed by atoms with van der Waals surface area (Å²) in [7, 11) is 0. The molecule has 0 N–H and O–H groups in total. The van der Waals surface area contributed by atoms with E-state index in [1.165, 1.54) is 0 Å². The third-order valence-corrected chi connectivity index (χ3v) is 3.45. The maximum absolute atomic E-state index is 5.92. The van der Waals surface area contributed by atoms with Crippen LogP contribution < -0.4 is 0 Å². The number of benzene rings is 1. The van der Waals surface area contributed by atoms with Crippen molar-refractivity contribution in [3.8, 4) is 0 Å². The first-order valence-corrected chi connectivity index (χ1v) is 5.65. The molecule has 15 heavy (non-hydrogen) atoms. The van der Waals surface area contributed by atoms with Gasteiger partial charge in [0.05, 0.1) is 6.21 Å². The summed E-state index contributed by atoms with van der Waals surface area (Å²) in [4.78, 5) is 4.50. The highest BCUT2D eigenvalue weighted by atomic mass is 35.5. The van der Waals surface area contributed by atoms with Crippen molar-refractivity contribution >= 4 is 39.7 Å². The lowest BCUT2D eigenvalue weighted by molar-refractivity contribution is 1.22. The third-order valence-electron chi connectivity index (χ3n) is 2.15. The highest BCUT2D eigenvalue weighted by Gasteiger charge is 2.28. The van der Waals surface area contributed by atoms with Crippen molar-refractivity contribution < 1.29 is 0 Å². The van der Waals surface area contributed by atoms with Crippen LogP contribution in [0.1, 0.15) is 5.56 Å². The number of halogens is 1. The number of aliphatic imine (C=N–C) groups is 1. The summed E-state index contributed by atoms with van der Waals surface area (Å²) in [5.74, 6) is 0. The molecule has 0 saturated carbocycles. The van der Waals surface area contributed by atoms with Crippen molar-refractivity contribution in [3.05, 3.63) is 34.9 Å². The molecule has 0 amide bonds. The zero-order chi connectivity index (χ0) is 10.3. The zero-order valence-electron chi connectivity index (χ0n) is 7.59. The Hall–Kier alpha value is -1.13. The van der Waals surface area contributed by atoms with E-state index < -0.39 is 0 Å². The van der Waals surface area contributed by atoms with Crippen molar-refractivity contribution in [2.75, 3.05) is 0 Å². The molecule has 2 aliphatic rings. The normalized spacial score (nSPS) is 22.6. The fourth-order valence-electron chi connectivity index (χ4n) is 1.45. The van der Waals surface area contributed by atoms with E-state index in [-0.39, 0.29) is 6.04 Å². The van der Waals surface area contributed by atoms with Crippen molar-refractivity contribution in [3.63, 3.8) is 0 Å². The monoisotopic (exact) mass is 235 g/mol. The van der Waals surface area contributed by atoms with Crippen molar-refractivity contribution in [1.29, 1.82) is 0 Å². The number of hydrogen-bond donors (Lipinski definition) is 0. The number of fused-ring (bicyclic) bond motifs is 1. The minimum atomic E-state index is 0.0315. The Morgan fingerprint density at radius 1 is 1.33 bits per heavy atom. The summed E-state index contributed by atoms with van der Waals surface area (Å²) >= 11 is 7.48. The average molecular weight is 236 g/mol. The van der Waals surface area contributed by atoms with E-state index in [2.05, 4.69) is 15.2 Å². The molecule has 74 valence electrons. The smallest absolute Gasteiger partial charge is 0.138 e. The highest BCUT2D eigenvalue weighted by Crippen LogP contribution is 2.28. The van der Waals surface area contributed by atoms with Crippen LogP contribution in [0.5, 0.6) is 0 Å². The van der Waals surface area contributed by atoms with Crippen molar-refractivity contribution in [1.82, 2.24) is 0 Å². The van der Waals surface area contributed by atoms with Gasteiger partial charge in [-0.3, -0.25) is 4.99 Å². The second-order valence-corrected chi connectivity index (χ2v) is 4.64. The molecule has 0 bridgehead atoms. The largest absolute Gasteiger partial charge is 0.261 e. The van der Waals surface area contributed by atoms with Gasteiger partial charge in [0.25, 0.3) is 0 Å². The van der Waals surface area contributed by atoms with Gasteiger partial charge in [0.2, 0.25) is 0 Å². The van der Waals surface area contributed by atoms with Gasteiger partial charge in [-0.1, -0.05) is 23.7 Å². The van der Waals surface area contributed by atoms with Crippen LogP contribution in [-0.4, -0.2) is 22.3 Å². The summed E-state index contributed by atoms with van der Waals surface area (Å²) in [5.41, 5.74) is 1.04. The predicted molar refractivity (Wildman–Crippen MR) is 65.3 cm³/mol. The minimum absolute atomic E-state index is 0.0315. The SMILES string of the molecule is Clc1cccc(C2=NC3C=NN=C3S2)c1. The molecular formula is C10H6ClN3S. The van der Waals surface area contributed by atoms with Crippen molar-refractivity contribution in [2.45, 2.75) is 6.04 Å². The van der Waals surface area contributed by atoms with Crippen LogP contribution in [0, 0.1) is 0 Å². The molecule has 0 spiro atoms. The molecule has 3 nitrogen and oxygen atoms in total. The first-order valence-electron chi connectivity index (χ1n) is 4.45. The van der Waals surface area contributed by atoms with Crippen LogP contribution in [0.4, 0.5) is 0 Å². The molecule has 0 aromatic heterocycles. The lowest BCUT2D eigenvalue weighted by Crippen LogP contribution is -2.06. The van der Waals surface area contributed by atoms with E-state index in [1.807, 2.05) is 24.3 Å². The Kier molecular flexibility index (Phi) is 2.11. The Morgan fingerprint density at radius 2 is 2.27 bits per heavy atom. The van der Waals surface area contributed by atoms with Crippen LogP contribution in [0.15, 0.2) is 39.5 Å². The number of thioether (sulfide) groups is 1. The number of nitrogens with zero attached hydrogens (tertiary/aromatic N) is 3. The summed E-state index contributed by atoms with van der Waals surface area (Å²) in [6, 6.07) is 7.71. The van der Waals surface area contributed by atoms with Gasteiger partial charge in [-0.2, -0.15) is 5.10 Å². The predicted octanol–water partition coefficient (Wildman–Crippen LogP) is 2.60. The Balaban J connectivity index is 1.97. The molecule has 1 aromatic rings. The van der Waals surface area contributed by atoms with Crippen LogP contribution in [0.25, 0.3) is 0 Å². The van der Waals surface area contributed by atoms with Gasteiger partial charge in [0.1, 0.15) is 16.1 Å². The Morgan fingerprint density at radius 3 is 3.07 bits per heavy atom. The number of hydrogen-bond acceptors (Lipinski definition) is 4. The molecule has 2 aliphatic heterocycles. The second-order valence-electron chi connectivity index (χ2n) is 3.19. The maximum Gasteiger partial charge on any atom is 0.138 e. The standard InChI is InChI=1S/C10H6ClN3S/c11-7-3-1-2-6(4-7)9-13-8-5-12-14-10(8)15-9/h1-5,8H. The van der Waals surface area contributed by atoms with Gasteiger partial charge in [0.15, 0.2) is 0 Å². The lowest BCUT2D eigenvalue weighted by Gasteiger charge is -1.98. The lowest BCUT2D eigenvalue weighted by atomic mass is 10.2. The van der Waals surface area contributed by atoms with E-state index in [9.17, 15) is 0 Å². The Labute approximate surface area is 96.0 Å². The third kappa shape index (κ3) is 1.60. The molecule has 0 aliphatic carbocycles. The van der Waals surface area contributed by atoms with Gasteiger partial charge in [-0.15, -0.1) is 5.10 Å². The average Bonchev–Trinajstić information content (AvgIpc) is 2.76. The first-order chi connectivity index (χ1) is 7.33. The van der Waals surface area contributed by atoms with E-state index >= 15 is 0 Å². The summed E-state index contributed by atoms with van der Waals surface area (Å²) in [5, 5.41) is 10.5. The van der Waals surface area contributed by atoms with Gasteiger partial charge >= 0.3 is 0 Å². The van der Waals surface area contributed by atoms with Crippen LogP contribution in [0.3, 0.4) is 0 Å². The van der Waals surface area contributed by atoms with Gasteiger partial charge in [-0.05, 0) is 23.9 Å². The summed E-state index contributed by atoms with van der Waals surface area (Å²) < 4.78 is 0. The number of rotatable bonds is 1. The molecule has 0 radical (unpaired) electrons. The van der Waals surface area contributed by atoms with Gasteiger partial charge < -0.3 is 0 Å². The zero-order valence-corrected chi connectivity index (χ0v) is 9.16. The van der Waals surface area contributed by atoms with E-state index in [1.54, 1.807) is 18.0 Å². The molecule has 1 unspecified atom stereocenters. The van der Waals surface area contributed by atoms with Gasteiger partial charge in [0, 0.05) is 10.6 Å². The molecule has 3 rings (SSSR count). The fourth-order valence-corrected chi connectivity index (χ4v) is 2.57. The topological polar surface area (TPSA) is 37.1 Å². The maximum atomic E-state index is 5.92. The molecule has 1 atom stereocenters.